The Kier molecular flexibility index (Phi) is 5.93. The number of hydrogen-bond acceptors (Lipinski definition) is 5. The van der Waals surface area contributed by atoms with Gasteiger partial charge in [0.25, 0.3) is 5.91 Å². The predicted octanol–water partition coefficient (Wildman–Crippen LogP) is 4.06. The first-order valence-electron chi connectivity index (χ1n) is 8.02. The lowest BCUT2D eigenvalue weighted by molar-refractivity contribution is 0.0224. The third-order valence-corrected chi connectivity index (χ3v) is 4.44. The van der Waals surface area contributed by atoms with Crippen molar-refractivity contribution < 1.29 is 14.0 Å². The number of hydroxylamine groups is 1. The summed E-state index contributed by atoms with van der Waals surface area (Å²) in [5.74, 6) is -0.625. The Balaban J connectivity index is 1.58. The van der Waals surface area contributed by atoms with Crippen LogP contribution >= 0.6 is 11.3 Å². The molecule has 0 radical (unpaired) electrons. The van der Waals surface area contributed by atoms with Gasteiger partial charge in [-0.25, -0.2) is 14.9 Å². The maximum absolute atomic E-state index is 13.0. The Morgan fingerprint density at radius 3 is 2.69 bits per heavy atom. The lowest BCUT2D eigenvalue weighted by Gasteiger charge is -2.12. The summed E-state index contributed by atoms with van der Waals surface area (Å²) < 4.78 is 13.0. The van der Waals surface area contributed by atoms with Crippen molar-refractivity contribution in [2.24, 2.45) is 0 Å². The monoisotopic (exact) mass is 371 g/mol. The molecule has 0 bridgehead atoms. The maximum Gasteiger partial charge on any atom is 0.276 e. The van der Waals surface area contributed by atoms with Crippen LogP contribution in [0.25, 0.3) is 0 Å². The Morgan fingerprint density at radius 2 is 1.96 bits per heavy atom. The fourth-order valence-corrected chi connectivity index (χ4v) is 2.94. The summed E-state index contributed by atoms with van der Waals surface area (Å²) >= 11 is 1.53. The minimum Gasteiger partial charge on any atom is -0.380 e. The van der Waals surface area contributed by atoms with E-state index < -0.39 is 0 Å². The Labute approximate surface area is 154 Å². The number of benzene rings is 2. The first kappa shape index (κ1) is 18.0. The molecule has 26 heavy (non-hydrogen) atoms. The molecule has 7 heteroatoms. The van der Waals surface area contributed by atoms with Gasteiger partial charge in [-0.1, -0.05) is 24.3 Å². The molecule has 0 aliphatic rings. The number of nitrogens with zero attached hydrogens (tertiary/aromatic N) is 1. The van der Waals surface area contributed by atoms with Crippen molar-refractivity contribution >= 4 is 22.9 Å². The van der Waals surface area contributed by atoms with Gasteiger partial charge in [-0.3, -0.25) is 9.63 Å². The summed E-state index contributed by atoms with van der Waals surface area (Å²) in [7, 11) is 0. The van der Waals surface area contributed by atoms with E-state index in [0.717, 1.165) is 16.3 Å². The molecule has 2 aromatic carbocycles. The van der Waals surface area contributed by atoms with E-state index in [2.05, 4.69) is 15.8 Å². The van der Waals surface area contributed by atoms with Crippen LogP contribution in [-0.4, -0.2) is 10.9 Å². The summed E-state index contributed by atoms with van der Waals surface area (Å²) in [6.07, 6.45) is 0. The van der Waals surface area contributed by atoms with Gasteiger partial charge in [0.1, 0.15) is 12.4 Å². The number of aromatic nitrogens is 1. The largest absolute Gasteiger partial charge is 0.380 e. The topological polar surface area (TPSA) is 63.2 Å². The molecule has 0 saturated heterocycles. The number of para-hydroxylation sites is 1. The zero-order chi connectivity index (χ0) is 18.4. The lowest BCUT2D eigenvalue weighted by Crippen LogP contribution is -2.24. The number of anilines is 1. The van der Waals surface area contributed by atoms with Crippen molar-refractivity contribution in [3.05, 3.63) is 81.6 Å². The van der Waals surface area contributed by atoms with E-state index in [9.17, 15) is 9.18 Å². The van der Waals surface area contributed by atoms with E-state index in [1.165, 1.54) is 23.5 Å². The number of carbonyl (C=O) groups is 1. The molecule has 1 amide bonds. The molecule has 0 spiro atoms. The number of halogens is 1. The zero-order valence-corrected chi connectivity index (χ0v) is 15.0. The van der Waals surface area contributed by atoms with Crippen molar-refractivity contribution in [1.82, 2.24) is 10.5 Å². The molecule has 0 aliphatic carbocycles. The molecule has 0 aliphatic heterocycles. The van der Waals surface area contributed by atoms with Gasteiger partial charge in [-0.05, 0) is 36.8 Å². The molecule has 5 nitrogen and oxygen atoms in total. The summed E-state index contributed by atoms with van der Waals surface area (Å²) in [6, 6.07) is 13.3. The summed E-state index contributed by atoms with van der Waals surface area (Å²) in [4.78, 5) is 21.9. The highest BCUT2D eigenvalue weighted by molar-refractivity contribution is 7.09. The van der Waals surface area contributed by atoms with Crippen LogP contribution in [0.5, 0.6) is 0 Å². The van der Waals surface area contributed by atoms with Gasteiger partial charge < -0.3 is 5.32 Å². The molecule has 134 valence electrons. The number of aryl methyl sites for hydroxylation is 1. The average Bonchev–Trinajstić information content (AvgIpc) is 3.06. The van der Waals surface area contributed by atoms with E-state index in [1.807, 2.05) is 24.4 Å². The number of hydrogen-bond donors (Lipinski definition) is 2. The molecule has 1 aromatic heterocycles. The van der Waals surface area contributed by atoms with Gasteiger partial charge in [0, 0.05) is 17.6 Å². The van der Waals surface area contributed by atoms with Gasteiger partial charge in [0.2, 0.25) is 0 Å². The van der Waals surface area contributed by atoms with Crippen LogP contribution in [0.2, 0.25) is 0 Å². The van der Waals surface area contributed by atoms with Crippen molar-refractivity contribution in [2.45, 2.75) is 20.1 Å². The highest BCUT2D eigenvalue weighted by Crippen LogP contribution is 2.17. The number of rotatable bonds is 7. The quantitative estimate of drug-likeness (QED) is 0.615. The summed E-state index contributed by atoms with van der Waals surface area (Å²) in [5.41, 5.74) is 5.26. The molecule has 2 N–H and O–H groups in total. The van der Waals surface area contributed by atoms with Crippen molar-refractivity contribution in [3.63, 3.8) is 0 Å². The smallest absolute Gasteiger partial charge is 0.276 e. The molecule has 0 unspecified atom stereocenters. The zero-order valence-electron chi connectivity index (χ0n) is 14.2. The molecule has 3 rings (SSSR count). The van der Waals surface area contributed by atoms with Crippen LogP contribution < -0.4 is 10.8 Å². The van der Waals surface area contributed by atoms with Gasteiger partial charge in [0.05, 0.1) is 16.3 Å². The van der Waals surface area contributed by atoms with Crippen molar-refractivity contribution in [1.29, 1.82) is 0 Å². The van der Waals surface area contributed by atoms with E-state index in [1.54, 1.807) is 24.3 Å². The molecular formula is C19H18FN3O2S. The second-order valence-electron chi connectivity index (χ2n) is 5.60. The van der Waals surface area contributed by atoms with Gasteiger partial charge in [-0.2, -0.15) is 0 Å². The van der Waals surface area contributed by atoms with Crippen LogP contribution in [0, 0.1) is 12.7 Å². The molecular weight excluding hydrogens is 353 g/mol. The van der Waals surface area contributed by atoms with Crippen LogP contribution in [0.4, 0.5) is 10.1 Å². The third-order valence-electron chi connectivity index (χ3n) is 3.62. The van der Waals surface area contributed by atoms with Crippen LogP contribution in [0.1, 0.15) is 26.6 Å². The molecule has 0 fully saturated rings. The first-order chi connectivity index (χ1) is 12.6. The fourth-order valence-electron chi connectivity index (χ4n) is 2.34. The Hall–Kier alpha value is -2.77. The van der Waals surface area contributed by atoms with Crippen LogP contribution in [0.3, 0.4) is 0 Å². The predicted molar refractivity (Wildman–Crippen MR) is 99.3 cm³/mol. The average molecular weight is 371 g/mol. The van der Waals surface area contributed by atoms with Gasteiger partial charge >= 0.3 is 0 Å². The van der Waals surface area contributed by atoms with E-state index in [-0.39, 0.29) is 18.3 Å². The second-order valence-corrected chi connectivity index (χ2v) is 6.67. The van der Waals surface area contributed by atoms with Crippen LogP contribution in [-0.2, 0) is 18.0 Å². The number of thiazole rings is 1. The third kappa shape index (κ3) is 4.87. The molecule has 0 atom stereocenters. The molecule has 3 aromatic rings. The Morgan fingerprint density at radius 1 is 1.19 bits per heavy atom. The first-order valence-corrected chi connectivity index (χ1v) is 8.90. The SMILES string of the molecule is Cc1nc(CONC(=O)c2ccccc2NCc2ccc(F)cc2)cs1. The lowest BCUT2D eigenvalue weighted by atomic mass is 10.1. The van der Waals surface area contributed by atoms with Crippen molar-refractivity contribution in [2.75, 3.05) is 5.32 Å². The van der Waals surface area contributed by atoms with Gasteiger partial charge in [0.15, 0.2) is 0 Å². The molecule has 0 saturated carbocycles. The highest BCUT2D eigenvalue weighted by atomic mass is 32.1. The second kappa shape index (κ2) is 8.55. The summed E-state index contributed by atoms with van der Waals surface area (Å²) in [6.45, 7) is 2.60. The van der Waals surface area contributed by atoms with E-state index in [0.29, 0.717) is 17.8 Å². The normalized spacial score (nSPS) is 10.5. The van der Waals surface area contributed by atoms with E-state index >= 15 is 0 Å². The molecule has 1 heterocycles. The highest BCUT2D eigenvalue weighted by Gasteiger charge is 2.11. The maximum atomic E-state index is 13.0. The van der Waals surface area contributed by atoms with Crippen molar-refractivity contribution in [3.8, 4) is 0 Å². The minimum atomic E-state index is -0.348. The standard InChI is InChI=1S/C19H18FN3O2S/c1-13-22-16(12-26-13)11-25-23-19(24)17-4-2-3-5-18(17)21-10-14-6-8-15(20)9-7-14/h2-9,12,21H,10-11H2,1H3,(H,23,24). The number of nitrogens with one attached hydrogen (secondary N) is 2. The summed E-state index contributed by atoms with van der Waals surface area (Å²) in [5, 5.41) is 6.03. The fraction of sp³-hybridized carbons (Fsp3) is 0.158. The van der Waals surface area contributed by atoms with Crippen LogP contribution in [0.15, 0.2) is 53.9 Å². The number of amides is 1. The number of carbonyl (C=O) groups excluding carboxylic acids is 1. The Bertz CT molecular complexity index is 881. The van der Waals surface area contributed by atoms with Gasteiger partial charge in [-0.15, -0.1) is 11.3 Å². The minimum absolute atomic E-state index is 0.210. The van der Waals surface area contributed by atoms with E-state index in [4.69, 9.17) is 4.84 Å².